The van der Waals surface area contributed by atoms with E-state index in [-0.39, 0.29) is 29.2 Å². The zero-order chi connectivity index (χ0) is 35.5. The van der Waals surface area contributed by atoms with Crippen LogP contribution in [0.2, 0.25) is 0 Å². The van der Waals surface area contributed by atoms with Crippen molar-refractivity contribution < 1.29 is 27.5 Å². The molecule has 1 aromatic heterocycles. The molecule has 0 aliphatic carbocycles. The molecule has 3 heterocycles. The number of carbonyl (C=O) groups is 3. The minimum Gasteiger partial charge on any atom is -0.494 e. The highest BCUT2D eigenvalue weighted by Gasteiger charge is 2.42. The third-order valence-electron chi connectivity index (χ3n) is 9.12. The van der Waals surface area contributed by atoms with E-state index in [1.54, 1.807) is 31.0 Å². The van der Waals surface area contributed by atoms with Gasteiger partial charge in [0.05, 0.1) is 35.9 Å². The van der Waals surface area contributed by atoms with Gasteiger partial charge >= 0.3 is 0 Å². The average molecular weight is 695 g/mol. The molecule has 0 spiro atoms. The van der Waals surface area contributed by atoms with Crippen LogP contribution < -0.4 is 30.9 Å². The van der Waals surface area contributed by atoms with Gasteiger partial charge in [0.15, 0.2) is 9.84 Å². The second-order valence-electron chi connectivity index (χ2n) is 13.6. The summed E-state index contributed by atoms with van der Waals surface area (Å²) in [7, 11) is 0.208. The number of hydrogen-bond donors (Lipinski definition) is 4. The SMILES string of the molecule is CN[C@@H](C)C(=O)N[C@H](C(=O)N1CCC[C@H]1C(=O)Nc1cc2c(Nc3ccc(N4CCS(=O)(=O)CC4)cc3)ncnc2cc1OC)C(C)(C)C. The van der Waals surface area contributed by atoms with Crippen molar-refractivity contribution in [3.05, 3.63) is 42.7 Å². The van der Waals surface area contributed by atoms with Crippen LogP contribution in [-0.2, 0) is 24.2 Å². The second-order valence-corrected chi connectivity index (χ2v) is 15.9. The zero-order valence-corrected chi connectivity index (χ0v) is 29.7. The number of anilines is 4. The summed E-state index contributed by atoms with van der Waals surface area (Å²) in [6.07, 6.45) is 2.56. The van der Waals surface area contributed by atoms with Crippen molar-refractivity contribution in [1.29, 1.82) is 0 Å². The largest absolute Gasteiger partial charge is 0.494 e. The molecule has 264 valence electrons. The number of aromatic nitrogens is 2. The van der Waals surface area contributed by atoms with Crippen molar-refractivity contribution in [3.63, 3.8) is 0 Å². The predicted octanol–water partition coefficient (Wildman–Crippen LogP) is 2.69. The van der Waals surface area contributed by atoms with Crippen LogP contribution in [0.5, 0.6) is 5.75 Å². The highest BCUT2D eigenvalue weighted by atomic mass is 32.2. The number of hydrogen-bond acceptors (Lipinski definition) is 11. The topological polar surface area (TPSA) is 175 Å². The summed E-state index contributed by atoms with van der Waals surface area (Å²) < 4.78 is 29.3. The van der Waals surface area contributed by atoms with Crippen molar-refractivity contribution in [2.75, 3.05) is 60.8 Å². The Hall–Kier alpha value is -4.50. The number of nitrogens with one attached hydrogen (secondary N) is 4. The van der Waals surface area contributed by atoms with Crippen molar-refractivity contribution >= 4 is 61.3 Å². The van der Waals surface area contributed by atoms with Crippen molar-refractivity contribution in [2.24, 2.45) is 5.41 Å². The van der Waals surface area contributed by atoms with Crippen LogP contribution >= 0.6 is 0 Å². The van der Waals surface area contributed by atoms with Gasteiger partial charge in [0.2, 0.25) is 17.7 Å². The van der Waals surface area contributed by atoms with Crippen LogP contribution in [0.3, 0.4) is 0 Å². The Morgan fingerprint density at radius 1 is 1.02 bits per heavy atom. The second kappa shape index (κ2) is 14.5. The number of carbonyl (C=O) groups excluding carboxylic acids is 3. The number of rotatable bonds is 10. The summed E-state index contributed by atoms with van der Waals surface area (Å²) >= 11 is 0. The molecule has 3 amide bonds. The number of ether oxygens (including phenoxy) is 1. The Kier molecular flexibility index (Phi) is 10.6. The van der Waals surface area contributed by atoms with Gasteiger partial charge in [-0.1, -0.05) is 20.8 Å². The number of nitrogens with zero attached hydrogens (tertiary/aromatic N) is 4. The summed E-state index contributed by atoms with van der Waals surface area (Å²) in [4.78, 5) is 52.9. The molecule has 0 saturated carbocycles. The van der Waals surface area contributed by atoms with Gasteiger partial charge in [-0.15, -0.1) is 0 Å². The van der Waals surface area contributed by atoms with Gasteiger partial charge in [0, 0.05) is 42.5 Å². The van der Waals surface area contributed by atoms with Crippen molar-refractivity contribution in [1.82, 2.24) is 25.5 Å². The van der Waals surface area contributed by atoms with Gasteiger partial charge in [-0.25, -0.2) is 18.4 Å². The quantitative estimate of drug-likeness (QED) is 0.246. The summed E-state index contributed by atoms with van der Waals surface area (Å²) in [5.74, 6) is 0.237. The van der Waals surface area contributed by atoms with E-state index in [9.17, 15) is 22.8 Å². The minimum absolute atomic E-state index is 0.142. The van der Waals surface area contributed by atoms with Crippen LogP contribution in [-0.4, -0.2) is 104 Å². The molecule has 3 atom stereocenters. The number of likely N-dealkylation sites (tertiary alicyclic amines) is 1. The van der Waals surface area contributed by atoms with Gasteiger partial charge in [-0.05, 0) is 62.6 Å². The molecule has 2 aromatic carbocycles. The Balaban J connectivity index is 1.35. The molecule has 0 unspecified atom stereocenters. The molecular formula is C34H46N8O6S. The van der Waals surface area contributed by atoms with Gasteiger partial charge in [0.25, 0.3) is 0 Å². The normalized spacial score (nSPS) is 18.9. The van der Waals surface area contributed by atoms with E-state index in [2.05, 4.69) is 36.1 Å². The number of sulfone groups is 1. The van der Waals surface area contributed by atoms with Gasteiger partial charge in [0.1, 0.15) is 30.0 Å². The fourth-order valence-corrected chi connectivity index (χ4v) is 7.25. The molecule has 2 aliphatic rings. The fraction of sp³-hybridized carbons (Fsp3) is 0.500. The molecule has 5 rings (SSSR count). The maximum atomic E-state index is 13.9. The van der Waals surface area contributed by atoms with Crippen LogP contribution in [0.1, 0.15) is 40.5 Å². The summed E-state index contributed by atoms with van der Waals surface area (Å²) in [6.45, 7) is 8.69. The van der Waals surface area contributed by atoms with Crippen molar-refractivity contribution in [2.45, 2.75) is 58.7 Å². The standard InChI is InChI=1S/C34H46N8O6S/c1-21(35-5)31(43)40-29(34(2,3)4)33(45)42-13-7-8-27(42)32(44)39-26-18-24-25(19-28(26)48-6)36-20-37-30(24)38-22-9-11-23(12-10-22)41-14-16-49(46,47)17-15-41/h9-12,18-21,27,29,35H,7-8,13-17H2,1-6H3,(H,39,44)(H,40,43)(H,36,37,38)/t21-,27-,29+/m0/s1. The van der Waals surface area contributed by atoms with Crippen LogP contribution in [0, 0.1) is 5.41 Å². The third-order valence-corrected chi connectivity index (χ3v) is 10.7. The molecule has 15 heteroatoms. The number of methoxy groups -OCH3 is 1. The molecule has 49 heavy (non-hydrogen) atoms. The van der Waals surface area contributed by atoms with Crippen LogP contribution in [0.4, 0.5) is 22.9 Å². The lowest BCUT2D eigenvalue weighted by atomic mass is 9.85. The lowest BCUT2D eigenvalue weighted by Crippen LogP contribution is -2.59. The summed E-state index contributed by atoms with van der Waals surface area (Å²) in [5.41, 5.74) is 2.10. The van der Waals surface area contributed by atoms with E-state index in [0.717, 1.165) is 11.4 Å². The first-order valence-electron chi connectivity index (χ1n) is 16.4. The molecule has 0 bridgehead atoms. The monoisotopic (exact) mass is 694 g/mol. The first kappa shape index (κ1) is 35.8. The molecule has 4 N–H and O–H groups in total. The average Bonchev–Trinajstić information content (AvgIpc) is 3.57. The van der Waals surface area contributed by atoms with E-state index >= 15 is 0 Å². The Bertz CT molecular complexity index is 1800. The van der Waals surface area contributed by atoms with Gasteiger partial charge < -0.3 is 35.8 Å². The highest BCUT2D eigenvalue weighted by Crippen LogP contribution is 2.34. The van der Waals surface area contributed by atoms with Crippen LogP contribution in [0.15, 0.2) is 42.7 Å². The molecule has 3 aromatic rings. The van der Waals surface area contributed by atoms with E-state index in [1.165, 1.54) is 13.4 Å². The van der Waals surface area contributed by atoms with Gasteiger partial charge in [-0.2, -0.15) is 0 Å². The van der Waals surface area contributed by atoms with E-state index in [1.807, 2.05) is 45.0 Å². The highest BCUT2D eigenvalue weighted by molar-refractivity contribution is 7.91. The zero-order valence-electron chi connectivity index (χ0n) is 28.9. The van der Waals surface area contributed by atoms with E-state index in [0.29, 0.717) is 60.6 Å². The Morgan fingerprint density at radius 3 is 2.35 bits per heavy atom. The molecule has 2 aliphatic heterocycles. The van der Waals surface area contributed by atoms with Crippen LogP contribution in [0.25, 0.3) is 10.9 Å². The predicted molar refractivity (Wildman–Crippen MR) is 190 cm³/mol. The molecular weight excluding hydrogens is 648 g/mol. The molecule has 2 fully saturated rings. The Morgan fingerprint density at radius 2 is 1.71 bits per heavy atom. The van der Waals surface area contributed by atoms with Crippen molar-refractivity contribution in [3.8, 4) is 5.75 Å². The molecule has 2 saturated heterocycles. The third kappa shape index (κ3) is 8.21. The fourth-order valence-electron chi connectivity index (χ4n) is 6.04. The molecule has 14 nitrogen and oxygen atoms in total. The van der Waals surface area contributed by atoms with Gasteiger partial charge in [-0.3, -0.25) is 14.4 Å². The minimum atomic E-state index is -2.97. The smallest absolute Gasteiger partial charge is 0.247 e. The number of amides is 3. The summed E-state index contributed by atoms with van der Waals surface area (Å²) in [5, 5.41) is 12.7. The first-order chi connectivity index (χ1) is 23.2. The number of benzene rings is 2. The maximum absolute atomic E-state index is 13.9. The number of fused-ring (bicyclic) bond motifs is 1. The number of likely N-dealkylation sites (N-methyl/N-ethyl adjacent to an activating group) is 1. The summed E-state index contributed by atoms with van der Waals surface area (Å²) in [6, 6.07) is 9.09. The van der Waals surface area contributed by atoms with E-state index in [4.69, 9.17) is 4.74 Å². The Labute approximate surface area is 287 Å². The van der Waals surface area contributed by atoms with E-state index < -0.39 is 33.4 Å². The molecule has 0 radical (unpaired) electrons. The lowest BCUT2D eigenvalue weighted by Gasteiger charge is -2.36. The lowest BCUT2D eigenvalue weighted by molar-refractivity contribution is -0.143. The maximum Gasteiger partial charge on any atom is 0.247 e. The first-order valence-corrected chi connectivity index (χ1v) is 18.3.